The lowest BCUT2D eigenvalue weighted by Gasteiger charge is -2.34. The molecule has 1 heterocycles. The highest BCUT2D eigenvalue weighted by Gasteiger charge is 2.17. The van der Waals surface area contributed by atoms with Gasteiger partial charge in [0.1, 0.15) is 0 Å². The second-order valence-electron chi connectivity index (χ2n) is 4.93. The van der Waals surface area contributed by atoms with E-state index in [2.05, 4.69) is 41.2 Å². The molecule has 0 saturated carbocycles. The first kappa shape index (κ1) is 12.6. The van der Waals surface area contributed by atoms with Crippen LogP contribution in [0.15, 0.2) is 23.4 Å². The summed E-state index contributed by atoms with van der Waals surface area (Å²) in [6.45, 7) is 6.43. The van der Waals surface area contributed by atoms with E-state index >= 15 is 0 Å². The van der Waals surface area contributed by atoms with Crippen molar-refractivity contribution >= 4 is 17.3 Å². The lowest BCUT2D eigenvalue weighted by atomic mass is 10.0. The van der Waals surface area contributed by atoms with E-state index in [1.165, 1.54) is 11.3 Å². The minimum absolute atomic E-state index is 0.886. The molecular weight excluding hydrogens is 230 g/mol. The molecule has 0 amide bonds. The van der Waals surface area contributed by atoms with E-state index in [1.54, 1.807) is 0 Å². The molecule has 2 aliphatic rings. The van der Waals surface area contributed by atoms with Crippen LogP contribution in [0.5, 0.6) is 0 Å². The van der Waals surface area contributed by atoms with Gasteiger partial charge in [-0.1, -0.05) is 11.6 Å². The predicted molar refractivity (Wildman–Crippen MR) is 75.9 cm³/mol. The molecule has 0 aromatic carbocycles. The molecule has 0 radical (unpaired) electrons. The van der Waals surface area contributed by atoms with Gasteiger partial charge in [0, 0.05) is 31.9 Å². The largest absolute Gasteiger partial charge is 0.346 e. The minimum atomic E-state index is 0.886. The Labute approximate surface area is 109 Å². The average Bonchev–Trinajstić information content (AvgIpc) is 2.33. The molecule has 1 N–H and O–H groups in total. The Morgan fingerprint density at radius 2 is 1.88 bits per heavy atom. The van der Waals surface area contributed by atoms with Crippen LogP contribution in [0.3, 0.4) is 0 Å². The van der Waals surface area contributed by atoms with Gasteiger partial charge in [0.05, 0.1) is 0 Å². The summed E-state index contributed by atoms with van der Waals surface area (Å²) in [5, 5.41) is 4.27. The molecular formula is C13H21N3S. The zero-order valence-electron chi connectivity index (χ0n) is 10.7. The first-order valence-electron chi connectivity index (χ1n) is 6.26. The minimum Gasteiger partial charge on any atom is -0.346 e. The highest BCUT2D eigenvalue weighted by Crippen LogP contribution is 2.16. The first-order chi connectivity index (χ1) is 8.15. The Morgan fingerprint density at radius 3 is 2.47 bits per heavy atom. The molecule has 0 aromatic rings. The van der Waals surface area contributed by atoms with E-state index in [0.717, 1.165) is 44.1 Å². The number of hydrogen-bond acceptors (Lipinski definition) is 2. The topological polar surface area (TPSA) is 18.5 Å². The van der Waals surface area contributed by atoms with E-state index in [1.807, 2.05) is 0 Å². The fourth-order valence-corrected chi connectivity index (χ4v) is 2.39. The van der Waals surface area contributed by atoms with Crippen molar-refractivity contribution in [2.75, 3.05) is 33.2 Å². The normalized spacial score (nSPS) is 21.9. The Hall–Kier alpha value is -0.870. The lowest BCUT2D eigenvalue weighted by Crippen LogP contribution is -2.50. The number of hydrogen-bond donors (Lipinski definition) is 1. The second kappa shape index (κ2) is 5.65. The van der Waals surface area contributed by atoms with Crippen LogP contribution in [0, 0.1) is 0 Å². The SMILES string of the molecule is CC1=CC=C(NC(=S)N2CCN(C)CC2)CC1. The van der Waals surface area contributed by atoms with Gasteiger partial charge >= 0.3 is 0 Å². The molecule has 4 heteroatoms. The van der Waals surface area contributed by atoms with Crippen molar-refractivity contribution in [1.29, 1.82) is 0 Å². The highest BCUT2D eigenvalue weighted by molar-refractivity contribution is 7.80. The van der Waals surface area contributed by atoms with Crippen LogP contribution < -0.4 is 5.32 Å². The van der Waals surface area contributed by atoms with Crippen LogP contribution in [0.2, 0.25) is 0 Å². The summed E-state index contributed by atoms with van der Waals surface area (Å²) in [5.74, 6) is 0. The number of thiocarbonyl (C=S) groups is 1. The standard InChI is InChI=1S/C13H21N3S/c1-11-3-5-12(6-4-11)14-13(17)16-9-7-15(2)8-10-16/h3,5H,4,6-10H2,1-2H3,(H,14,17). The lowest BCUT2D eigenvalue weighted by molar-refractivity contribution is 0.214. The number of piperazine rings is 1. The van der Waals surface area contributed by atoms with E-state index in [-0.39, 0.29) is 0 Å². The molecule has 0 spiro atoms. The molecule has 17 heavy (non-hydrogen) atoms. The number of nitrogens with zero attached hydrogens (tertiary/aromatic N) is 2. The average molecular weight is 251 g/mol. The third-order valence-corrected chi connectivity index (χ3v) is 3.78. The van der Waals surface area contributed by atoms with Crippen molar-refractivity contribution in [1.82, 2.24) is 15.1 Å². The van der Waals surface area contributed by atoms with Gasteiger partial charge in [-0.2, -0.15) is 0 Å². The van der Waals surface area contributed by atoms with Gasteiger partial charge in [0.15, 0.2) is 5.11 Å². The first-order valence-corrected chi connectivity index (χ1v) is 6.67. The van der Waals surface area contributed by atoms with Gasteiger partial charge in [-0.05, 0) is 45.1 Å². The van der Waals surface area contributed by atoms with Crippen molar-refractivity contribution in [3.8, 4) is 0 Å². The Balaban J connectivity index is 1.85. The molecule has 1 fully saturated rings. The van der Waals surface area contributed by atoms with Crippen molar-refractivity contribution in [2.24, 2.45) is 0 Å². The molecule has 0 bridgehead atoms. The van der Waals surface area contributed by atoms with Gasteiger partial charge in [-0.3, -0.25) is 0 Å². The number of allylic oxidation sites excluding steroid dienone is 4. The van der Waals surface area contributed by atoms with Gasteiger partial charge < -0.3 is 15.1 Å². The Morgan fingerprint density at radius 1 is 1.18 bits per heavy atom. The molecule has 2 rings (SSSR count). The fraction of sp³-hybridized carbons (Fsp3) is 0.615. The number of nitrogens with one attached hydrogen (secondary N) is 1. The van der Waals surface area contributed by atoms with Crippen molar-refractivity contribution in [3.63, 3.8) is 0 Å². The summed E-state index contributed by atoms with van der Waals surface area (Å²) in [7, 11) is 2.16. The van der Waals surface area contributed by atoms with Gasteiger partial charge in [-0.25, -0.2) is 0 Å². The third-order valence-electron chi connectivity index (χ3n) is 3.42. The number of likely N-dealkylation sites (N-methyl/N-ethyl adjacent to an activating group) is 1. The smallest absolute Gasteiger partial charge is 0.173 e. The van der Waals surface area contributed by atoms with Crippen molar-refractivity contribution in [3.05, 3.63) is 23.4 Å². The van der Waals surface area contributed by atoms with Crippen molar-refractivity contribution < 1.29 is 0 Å². The van der Waals surface area contributed by atoms with Crippen LogP contribution in [-0.4, -0.2) is 48.1 Å². The summed E-state index contributed by atoms with van der Waals surface area (Å²) in [4.78, 5) is 4.60. The monoisotopic (exact) mass is 251 g/mol. The summed E-state index contributed by atoms with van der Waals surface area (Å²) in [6, 6.07) is 0. The van der Waals surface area contributed by atoms with Gasteiger partial charge in [0.25, 0.3) is 0 Å². The van der Waals surface area contributed by atoms with Crippen LogP contribution in [0.4, 0.5) is 0 Å². The maximum atomic E-state index is 5.46. The maximum Gasteiger partial charge on any atom is 0.173 e. The van der Waals surface area contributed by atoms with Crippen LogP contribution >= 0.6 is 12.2 Å². The zero-order chi connectivity index (χ0) is 12.3. The second-order valence-corrected chi connectivity index (χ2v) is 5.31. The van der Waals surface area contributed by atoms with E-state index in [9.17, 15) is 0 Å². The summed E-state index contributed by atoms with van der Waals surface area (Å²) < 4.78 is 0. The van der Waals surface area contributed by atoms with Gasteiger partial charge in [-0.15, -0.1) is 0 Å². The third kappa shape index (κ3) is 3.54. The van der Waals surface area contributed by atoms with E-state index in [0.29, 0.717) is 0 Å². The maximum absolute atomic E-state index is 5.46. The molecule has 3 nitrogen and oxygen atoms in total. The van der Waals surface area contributed by atoms with Crippen LogP contribution in [-0.2, 0) is 0 Å². The molecule has 0 atom stereocenters. The van der Waals surface area contributed by atoms with E-state index < -0.39 is 0 Å². The fourth-order valence-electron chi connectivity index (χ4n) is 2.07. The highest BCUT2D eigenvalue weighted by atomic mass is 32.1. The Bertz CT molecular complexity index is 352. The molecule has 1 aliphatic heterocycles. The molecule has 0 unspecified atom stereocenters. The predicted octanol–water partition coefficient (Wildman–Crippen LogP) is 1.73. The molecule has 1 saturated heterocycles. The van der Waals surface area contributed by atoms with Gasteiger partial charge in [0.2, 0.25) is 0 Å². The molecule has 94 valence electrons. The molecule has 0 aromatic heterocycles. The zero-order valence-corrected chi connectivity index (χ0v) is 11.5. The molecule has 1 aliphatic carbocycles. The summed E-state index contributed by atoms with van der Waals surface area (Å²) in [6.07, 6.45) is 6.56. The van der Waals surface area contributed by atoms with Crippen molar-refractivity contribution in [2.45, 2.75) is 19.8 Å². The van der Waals surface area contributed by atoms with Crippen LogP contribution in [0.1, 0.15) is 19.8 Å². The summed E-state index contributed by atoms with van der Waals surface area (Å²) in [5.41, 5.74) is 2.69. The summed E-state index contributed by atoms with van der Waals surface area (Å²) >= 11 is 5.46. The van der Waals surface area contributed by atoms with Crippen LogP contribution in [0.25, 0.3) is 0 Å². The number of rotatable bonds is 1. The van der Waals surface area contributed by atoms with E-state index in [4.69, 9.17) is 12.2 Å². The quantitative estimate of drug-likeness (QED) is 0.715. The Kier molecular flexibility index (Phi) is 4.18.